The minimum absolute atomic E-state index is 0.143. The van der Waals surface area contributed by atoms with E-state index in [4.69, 9.17) is 4.74 Å². The van der Waals surface area contributed by atoms with Crippen LogP contribution in [-0.4, -0.2) is 25.2 Å². The predicted molar refractivity (Wildman–Crippen MR) is 57.2 cm³/mol. The molecule has 1 heterocycles. The average Bonchev–Trinajstić information content (AvgIpc) is 2.21. The lowest BCUT2D eigenvalue weighted by molar-refractivity contribution is 0.0856. The predicted octanol–water partition coefficient (Wildman–Crippen LogP) is 1.69. The van der Waals surface area contributed by atoms with Crippen molar-refractivity contribution in [2.24, 2.45) is 0 Å². The number of hydrogen-bond acceptors (Lipinski definition) is 3. The van der Waals surface area contributed by atoms with Crippen LogP contribution in [-0.2, 0) is 4.74 Å². The summed E-state index contributed by atoms with van der Waals surface area (Å²) in [6.45, 7) is 4.03. The summed E-state index contributed by atoms with van der Waals surface area (Å²) in [5.41, 5.74) is 2.20. The Bertz CT molecular complexity index is 271. The molecule has 3 heteroatoms. The van der Waals surface area contributed by atoms with E-state index in [0.717, 1.165) is 11.3 Å². The third-order valence-corrected chi connectivity index (χ3v) is 2.45. The average molecular weight is 194 g/mol. The molecule has 3 nitrogen and oxygen atoms in total. The van der Waals surface area contributed by atoms with Gasteiger partial charge in [0.05, 0.1) is 12.1 Å². The molecule has 0 aliphatic carbocycles. The van der Waals surface area contributed by atoms with Gasteiger partial charge in [-0.05, 0) is 32.5 Å². The Morgan fingerprint density at radius 3 is 2.57 bits per heavy atom. The minimum Gasteiger partial charge on any atom is -0.380 e. The van der Waals surface area contributed by atoms with Gasteiger partial charge in [0.15, 0.2) is 0 Å². The second kappa shape index (κ2) is 5.08. The first-order chi connectivity index (χ1) is 6.69. The third kappa shape index (κ3) is 2.53. The molecule has 0 saturated heterocycles. The van der Waals surface area contributed by atoms with Crippen molar-refractivity contribution in [3.63, 3.8) is 0 Å². The summed E-state index contributed by atoms with van der Waals surface area (Å²) >= 11 is 0. The molecule has 0 aliphatic rings. The summed E-state index contributed by atoms with van der Waals surface area (Å²) in [7, 11) is 3.65. The zero-order valence-corrected chi connectivity index (χ0v) is 9.24. The molecular formula is C11H18N2O. The second-order valence-electron chi connectivity index (χ2n) is 3.44. The van der Waals surface area contributed by atoms with E-state index < -0.39 is 0 Å². The van der Waals surface area contributed by atoms with Crippen molar-refractivity contribution in [2.45, 2.75) is 26.0 Å². The van der Waals surface area contributed by atoms with E-state index in [1.807, 2.05) is 33.2 Å². The van der Waals surface area contributed by atoms with Gasteiger partial charge in [0.25, 0.3) is 0 Å². The van der Waals surface area contributed by atoms with Gasteiger partial charge in [0, 0.05) is 19.0 Å². The Morgan fingerprint density at radius 1 is 1.43 bits per heavy atom. The fraction of sp³-hybridized carbons (Fsp3) is 0.545. The number of aromatic nitrogens is 1. The number of methoxy groups -OCH3 is 1. The van der Waals surface area contributed by atoms with Gasteiger partial charge in [-0.2, -0.15) is 0 Å². The zero-order valence-electron chi connectivity index (χ0n) is 9.24. The summed E-state index contributed by atoms with van der Waals surface area (Å²) in [6, 6.07) is 4.30. The fourth-order valence-corrected chi connectivity index (χ4v) is 1.47. The lowest BCUT2D eigenvalue weighted by atomic mass is 10.0. The van der Waals surface area contributed by atoms with Crippen LogP contribution in [0.5, 0.6) is 0 Å². The Morgan fingerprint density at radius 2 is 2.14 bits per heavy atom. The van der Waals surface area contributed by atoms with Gasteiger partial charge < -0.3 is 10.1 Å². The van der Waals surface area contributed by atoms with Crippen LogP contribution in [0.1, 0.15) is 24.2 Å². The highest BCUT2D eigenvalue weighted by atomic mass is 16.5. The summed E-state index contributed by atoms with van der Waals surface area (Å²) < 4.78 is 5.30. The van der Waals surface area contributed by atoms with Crippen LogP contribution in [0.3, 0.4) is 0 Å². The number of nitrogens with zero attached hydrogens (tertiary/aromatic N) is 1. The molecule has 1 aromatic heterocycles. The highest BCUT2D eigenvalue weighted by molar-refractivity contribution is 5.18. The standard InChI is InChI=1S/C11H18N2O/c1-8-5-6-10(7-13-8)11(12-3)9(2)14-4/h5-7,9,11-12H,1-4H3. The first-order valence-corrected chi connectivity index (χ1v) is 4.81. The van der Waals surface area contributed by atoms with Crippen LogP contribution in [0.4, 0.5) is 0 Å². The summed E-state index contributed by atoms with van der Waals surface area (Å²) in [5.74, 6) is 0. The highest BCUT2D eigenvalue weighted by Crippen LogP contribution is 2.17. The number of nitrogens with one attached hydrogen (secondary N) is 1. The van der Waals surface area contributed by atoms with Gasteiger partial charge >= 0.3 is 0 Å². The SMILES string of the molecule is CNC(c1ccc(C)nc1)C(C)OC. The Kier molecular flexibility index (Phi) is 4.04. The Labute approximate surface area is 85.5 Å². The van der Waals surface area contributed by atoms with E-state index >= 15 is 0 Å². The van der Waals surface area contributed by atoms with Crippen LogP contribution < -0.4 is 5.32 Å². The maximum Gasteiger partial charge on any atom is 0.0738 e. The lowest BCUT2D eigenvalue weighted by Gasteiger charge is -2.22. The Balaban J connectivity index is 2.84. The number of aryl methyl sites for hydroxylation is 1. The molecule has 1 N–H and O–H groups in total. The van der Waals surface area contributed by atoms with E-state index in [2.05, 4.69) is 16.4 Å². The van der Waals surface area contributed by atoms with Gasteiger partial charge in [-0.25, -0.2) is 0 Å². The molecule has 2 unspecified atom stereocenters. The molecule has 78 valence electrons. The molecule has 0 saturated carbocycles. The molecule has 0 radical (unpaired) electrons. The maximum absolute atomic E-state index is 5.30. The van der Waals surface area contributed by atoms with Gasteiger partial charge in [-0.15, -0.1) is 0 Å². The van der Waals surface area contributed by atoms with Crippen molar-refractivity contribution in [3.05, 3.63) is 29.6 Å². The minimum atomic E-state index is 0.143. The van der Waals surface area contributed by atoms with Crippen molar-refractivity contribution >= 4 is 0 Å². The van der Waals surface area contributed by atoms with Crippen LogP contribution in [0.15, 0.2) is 18.3 Å². The van der Waals surface area contributed by atoms with E-state index in [1.54, 1.807) is 7.11 Å². The monoisotopic (exact) mass is 194 g/mol. The van der Waals surface area contributed by atoms with Gasteiger partial charge in [0.1, 0.15) is 0 Å². The summed E-state index contributed by atoms with van der Waals surface area (Å²) in [5, 5.41) is 3.22. The molecule has 0 amide bonds. The summed E-state index contributed by atoms with van der Waals surface area (Å²) in [6.07, 6.45) is 2.04. The van der Waals surface area contributed by atoms with Crippen molar-refractivity contribution in [2.75, 3.05) is 14.2 Å². The molecule has 2 atom stereocenters. The molecule has 0 bridgehead atoms. The van der Waals surface area contributed by atoms with E-state index in [1.165, 1.54) is 0 Å². The molecule has 1 rings (SSSR count). The third-order valence-electron chi connectivity index (χ3n) is 2.45. The second-order valence-corrected chi connectivity index (χ2v) is 3.44. The maximum atomic E-state index is 5.30. The highest BCUT2D eigenvalue weighted by Gasteiger charge is 2.16. The molecule has 1 aromatic rings. The van der Waals surface area contributed by atoms with Crippen molar-refractivity contribution < 1.29 is 4.74 Å². The van der Waals surface area contributed by atoms with Crippen LogP contribution >= 0.6 is 0 Å². The summed E-state index contributed by atoms with van der Waals surface area (Å²) in [4.78, 5) is 4.27. The van der Waals surface area contributed by atoms with E-state index in [0.29, 0.717) is 0 Å². The quantitative estimate of drug-likeness (QED) is 0.792. The van der Waals surface area contributed by atoms with Gasteiger partial charge in [-0.1, -0.05) is 6.07 Å². The van der Waals surface area contributed by atoms with E-state index in [-0.39, 0.29) is 12.1 Å². The largest absolute Gasteiger partial charge is 0.380 e. The van der Waals surface area contributed by atoms with Crippen LogP contribution in [0.25, 0.3) is 0 Å². The first-order valence-electron chi connectivity index (χ1n) is 4.81. The number of ether oxygens (including phenoxy) is 1. The van der Waals surface area contributed by atoms with Crippen molar-refractivity contribution in [1.82, 2.24) is 10.3 Å². The van der Waals surface area contributed by atoms with Crippen LogP contribution in [0, 0.1) is 6.92 Å². The fourth-order valence-electron chi connectivity index (χ4n) is 1.47. The van der Waals surface area contributed by atoms with Gasteiger partial charge in [-0.3, -0.25) is 4.98 Å². The smallest absolute Gasteiger partial charge is 0.0738 e. The number of likely N-dealkylation sites (N-methyl/N-ethyl adjacent to an activating group) is 1. The van der Waals surface area contributed by atoms with E-state index in [9.17, 15) is 0 Å². The van der Waals surface area contributed by atoms with Gasteiger partial charge in [0.2, 0.25) is 0 Å². The molecule has 14 heavy (non-hydrogen) atoms. The van der Waals surface area contributed by atoms with Crippen molar-refractivity contribution in [3.8, 4) is 0 Å². The normalized spacial score (nSPS) is 15.1. The molecule has 0 aromatic carbocycles. The topological polar surface area (TPSA) is 34.2 Å². The number of rotatable bonds is 4. The number of pyridine rings is 1. The molecular weight excluding hydrogens is 176 g/mol. The molecule has 0 fully saturated rings. The van der Waals surface area contributed by atoms with Crippen LogP contribution in [0.2, 0.25) is 0 Å². The Hall–Kier alpha value is -0.930. The number of hydrogen-bond donors (Lipinski definition) is 1. The molecule has 0 spiro atoms. The first kappa shape index (κ1) is 11.1. The lowest BCUT2D eigenvalue weighted by Crippen LogP contribution is -2.28. The molecule has 0 aliphatic heterocycles. The zero-order chi connectivity index (χ0) is 10.6. The van der Waals surface area contributed by atoms with Crippen molar-refractivity contribution in [1.29, 1.82) is 0 Å².